The lowest BCUT2D eigenvalue weighted by molar-refractivity contribution is -0.144. The molecule has 0 fully saturated rings. The average molecular weight is 368 g/mol. The van der Waals surface area contributed by atoms with Gasteiger partial charge in [0.2, 0.25) is 0 Å². The number of hydrogen-bond acceptors (Lipinski definition) is 4. The van der Waals surface area contributed by atoms with E-state index in [0.717, 1.165) is 13.3 Å². The van der Waals surface area contributed by atoms with E-state index in [-0.39, 0.29) is 23.3 Å². The van der Waals surface area contributed by atoms with Gasteiger partial charge in [0.15, 0.2) is 6.61 Å². The summed E-state index contributed by atoms with van der Waals surface area (Å²) in [6, 6.07) is 0.861. The van der Waals surface area contributed by atoms with Gasteiger partial charge in [0.05, 0.1) is 30.1 Å². The van der Waals surface area contributed by atoms with E-state index in [2.05, 4.69) is 14.7 Å². The van der Waals surface area contributed by atoms with Gasteiger partial charge in [0, 0.05) is 5.56 Å². The molecule has 2 aromatic rings. The lowest BCUT2D eigenvalue weighted by atomic mass is 10.0. The number of benzene rings is 1. The minimum Gasteiger partial charge on any atom is -0.466 e. The van der Waals surface area contributed by atoms with Crippen LogP contribution >= 0.6 is 0 Å². The molecular formula is C14H10F6N2O3. The third kappa shape index (κ3) is 4.64. The number of halogens is 6. The van der Waals surface area contributed by atoms with Crippen LogP contribution < -0.4 is 4.74 Å². The zero-order chi connectivity index (χ0) is 18.8. The summed E-state index contributed by atoms with van der Waals surface area (Å²) < 4.78 is 86.2. The molecule has 0 aliphatic carbocycles. The number of carbonyl (C=O) groups is 1. The number of ether oxygens (including phenoxy) is 2. The Morgan fingerprint density at radius 2 is 1.64 bits per heavy atom. The Balaban J connectivity index is 2.38. The van der Waals surface area contributed by atoms with E-state index in [1.54, 1.807) is 0 Å². The maximum Gasteiger partial charge on any atom is 0.416 e. The SMILES string of the molecule is COC(=O)COc1ncc(-c2cc(C(F)(F)F)cc(C(F)(F)F)c2)[nH]1. The first-order chi connectivity index (χ1) is 11.5. The van der Waals surface area contributed by atoms with Crippen molar-refractivity contribution in [3.8, 4) is 17.3 Å². The molecule has 0 spiro atoms. The molecule has 0 atom stereocenters. The van der Waals surface area contributed by atoms with Crippen LogP contribution in [0.25, 0.3) is 11.3 Å². The van der Waals surface area contributed by atoms with E-state index in [1.165, 1.54) is 0 Å². The van der Waals surface area contributed by atoms with Crippen molar-refractivity contribution < 1.29 is 40.6 Å². The number of nitrogens with zero attached hydrogens (tertiary/aromatic N) is 1. The van der Waals surface area contributed by atoms with Crippen molar-refractivity contribution in [2.45, 2.75) is 12.4 Å². The van der Waals surface area contributed by atoms with Gasteiger partial charge in [0.25, 0.3) is 6.01 Å². The van der Waals surface area contributed by atoms with Gasteiger partial charge in [-0.2, -0.15) is 26.3 Å². The summed E-state index contributed by atoms with van der Waals surface area (Å²) in [5.41, 5.74) is -3.44. The smallest absolute Gasteiger partial charge is 0.416 e. The molecule has 0 unspecified atom stereocenters. The van der Waals surface area contributed by atoms with Crippen LogP contribution in [-0.2, 0) is 21.9 Å². The number of imidazole rings is 1. The molecule has 25 heavy (non-hydrogen) atoms. The van der Waals surface area contributed by atoms with Crippen LogP contribution in [0.1, 0.15) is 11.1 Å². The van der Waals surface area contributed by atoms with Crippen molar-refractivity contribution in [3.63, 3.8) is 0 Å². The quantitative estimate of drug-likeness (QED) is 0.661. The van der Waals surface area contributed by atoms with Crippen LogP contribution in [-0.4, -0.2) is 29.7 Å². The van der Waals surface area contributed by atoms with E-state index in [1.807, 2.05) is 0 Å². The fourth-order valence-electron chi connectivity index (χ4n) is 1.82. The molecule has 11 heteroatoms. The van der Waals surface area contributed by atoms with Crippen LogP contribution in [0.4, 0.5) is 26.3 Å². The van der Waals surface area contributed by atoms with Crippen molar-refractivity contribution in [2.24, 2.45) is 0 Å². The molecule has 1 aromatic heterocycles. The van der Waals surface area contributed by atoms with Crippen LogP contribution in [0.5, 0.6) is 6.01 Å². The Hall–Kier alpha value is -2.72. The van der Waals surface area contributed by atoms with Crippen LogP contribution in [0.3, 0.4) is 0 Å². The normalized spacial score (nSPS) is 12.1. The minimum atomic E-state index is -4.96. The summed E-state index contributed by atoms with van der Waals surface area (Å²) in [5, 5.41) is 0. The summed E-state index contributed by atoms with van der Waals surface area (Å²) in [5.74, 6) is -0.739. The largest absolute Gasteiger partial charge is 0.466 e. The third-order valence-electron chi connectivity index (χ3n) is 3.01. The fourth-order valence-corrected chi connectivity index (χ4v) is 1.82. The van der Waals surface area contributed by atoms with Gasteiger partial charge < -0.3 is 14.5 Å². The number of aromatic nitrogens is 2. The molecule has 1 heterocycles. The number of H-pyrrole nitrogens is 1. The van der Waals surface area contributed by atoms with E-state index in [4.69, 9.17) is 4.74 Å². The molecule has 0 radical (unpaired) electrons. The summed E-state index contributed by atoms with van der Waals surface area (Å²) in [7, 11) is 1.11. The Labute approximate surface area is 136 Å². The number of esters is 1. The molecular weight excluding hydrogens is 358 g/mol. The van der Waals surface area contributed by atoms with Crippen LogP contribution in [0, 0.1) is 0 Å². The van der Waals surface area contributed by atoms with Crippen LogP contribution in [0.2, 0.25) is 0 Å². The van der Waals surface area contributed by atoms with Gasteiger partial charge in [0.1, 0.15) is 0 Å². The zero-order valence-corrected chi connectivity index (χ0v) is 12.5. The molecule has 136 valence electrons. The predicted octanol–water partition coefficient (Wildman–Crippen LogP) is 3.67. The third-order valence-corrected chi connectivity index (χ3v) is 3.01. The topological polar surface area (TPSA) is 64.2 Å². The Morgan fingerprint density at radius 3 is 2.12 bits per heavy atom. The average Bonchev–Trinajstić information content (AvgIpc) is 2.99. The fraction of sp³-hybridized carbons (Fsp3) is 0.286. The highest BCUT2D eigenvalue weighted by molar-refractivity contribution is 5.70. The van der Waals surface area contributed by atoms with E-state index in [0.29, 0.717) is 12.1 Å². The molecule has 0 saturated heterocycles. The molecule has 5 nitrogen and oxygen atoms in total. The van der Waals surface area contributed by atoms with E-state index >= 15 is 0 Å². The molecule has 1 N–H and O–H groups in total. The lowest BCUT2D eigenvalue weighted by Crippen LogP contribution is -2.13. The molecule has 1 aromatic carbocycles. The van der Waals surface area contributed by atoms with Gasteiger partial charge >= 0.3 is 18.3 Å². The van der Waals surface area contributed by atoms with Gasteiger partial charge in [-0.15, -0.1) is 0 Å². The standard InChI is InChI=1S/C14H10F6N2O3/c1-24-11(23)6-25-12-21-5-10(22-12)7-2-8(13(15,16)17)4-9(3-7)14(18,19)20/h2-5H,6H2,1H3,(H,21,22). The highest BCUT2D eigenvalue weighted by atomic mass is 19.4. The molecule has 0 amide bonds. The summed E-state index contributed by atoms with van der Waals surface area (Å²) in [4.78, 5) is 17.0. The maximum absolute atomic E-state index is 12.8. The minimum absolute atomic E-state index is 0.0224. The lowest BCUT2D eigenvalue weighted by Gasteiger charge is -2.13. The number of aromatic amines is 1. The first-order valence-electron chi connectivity index (χ1n) is 6.55. The van der Waals surface area contributed by atoms with Crippen molar-refractivity contribution in [3.05, 3.63) is 35.5 Å². The predicted molar refractivity (Wildman–Crippen MR) is 71.5 cm³/mol. The van der Waals surface area contributed by atoms with Crippen molar-refractivity contribution >= 4 is 5.97 Å². The Morgan fingerprint density at radius 1 is 1.08 bits per heavy atom. The second-order valence-electron chi connectivity index (χ2n) is 4.76. The summed E-state index contributed by atoms with van der Waals surface area (Å²) >= 11 is 0. The maximum atomic E-state index is 12.8. The number of rotatable bonds is 4. The Kier molecular flexibility index (Phi) is 4.95. The van der Waals surface area contributed by atoms with Crippen molar-refractivity contribution in [2.75, 3.05) is 13.7 Å². The highest BCUT2D eigenvalue weighted by Crippen LogP contribution is 2.38. The Bertz CT molecular complexity index is 734. The molecule has 2 rings (SSSR count). The van der Waals surface area contributed by atoms with Crippen molar-refractivity contribution in [1.82, 2.24) is 9.97 Å². The van der Waals surface area contributed by atoms with Gasteiger partial charge in [-0.25, -0.2) is 9.78 Å². The molecule has 0 aliphatic heterocycles. The number of methoxy groups -OCH3 is 1. The second-order valence-corrected chi connectivity index (χ2v) is 4.76. The summed E-state index contributed by atoms with van der Waals surface area (Å²) in [6.45, 7) is -0.528. The van der Waals surface area contributed by atoms with E-state index in [9.17, 15) is 31.1 Å². The first-order valence-corrected chi connectivity index (χ1v) is 6.55. The second kappa shape index (κ2) is 6.65. The van der Waals surface area contributed by atoms with E-state index < -0.39 is 36.1 Å². The number of nitrogens with one attached hydrogen (secondary N) is 1. The molecule has 0 aliphatic rings. The summed E-state index contributed by atoms with van der Waals surface area (Å²) in [6.07, 6.45) is -8.93. The number of hydrogen-bond donors (Lipinski definition) is 1. The van der Waals surface area contributed by atoms with Gasteiger partial charge in [-0.05, 0) is 18.2 Å². The van der Waals surface area contributed by atoms with Gasteiger partial charge in [-0.3, -0.25) is 0 Å². The zero-order valence-electron chi connectivity index (χ0n) is 12.5. The van der Waals surface area contributed by atoms with Crippen molar-refractivity contribution in [1.29, 1.82) is 0 Å². The first kappa shape index (κ1) is 18.6. The molecule has 0 saturated carbocycles. The monoisotopic (exact) mass is 368 g/mol. The van der Waals surface area contributed by atoms with Gasteiger partial charge in [-0.1, -0.05) is 0 Å². The molecule has 0 bridgehead atoms. The van der Waals surface area contributed by atoms with Crippen LogP contribution in [0.15, 0.2) is 24.4 Å². The number of carbonyl (C=O) groups excluding carboxylic acids is 1. The number of alkyl halides is 6. The highest BCUT2D eigenvalue weighted by Gasteiger charge is 2.37.